The van der Waals surface area contributed by atoms with Gasteiger partial charge in [0.1, 0.15) is 5.75 Å². The Morgan fingerprint density at radius 2 is 1.71 bits per heavy atom. The molecule has 0 aromatic heterocycles. The molecule has 3 nitrogen and oxygen atoms in total. The maximum atomic E-state index is 11.5. The van der Waals surface area contributed by atoms with E-state index < -0.39 is 14.6 Å². The summed E-state index contributed by atoms with van der Waals surface area (Å²) in [5.41, 5.74) is 0. The normalized spacial score (nSPS) is 13.6. The zero-order chi connectivity index (χ0) is 10.6. The van der Waals surface area contributed by atoms with Gasteiger partial charge >= 0.3 is 14.6 Å². The van der Waals surface area contributed by atoms with Crippen molar-refractivity contribution in [3.05, 3.63) is 30.3 Å². The van der Waals surface area contributed by atoms with Crippen molar-refractivity contribution in [1.82, 2.24) is 0 Å². The van der Waals surface area contributed by atoms with Crippen LogP contribution in [0, 0.1) is 0 Å². The van der Waals surface area contributed by atoms with E-state index in [9.17, 15) is 17.7 Å². The minimum absolute atomic E-state index is 0.0700. The highest BCUT2D eigenvalue weighted by atomic mass is 31.1. The molecule has 78 valence electrons. The lowest BCUT2D eigenvalue weighted by molar-refractivity contribution is -0.274. The van der Waals surface area contributed by atoms with Gasteiger partial charge in [0.2, 0.25) is 0 Å². The monoisotopic (exact) mass is 226 g/mol. The second-order valence-electron chi connectivity index (χ2n) is 2.21. The zero-order valence-electron chi connectivity index (χ0n) is 6.75. The van der Waals surface area contributed by atoms with Crippen LogP contribution >= 0.6 is 8.25 Å². The number of rotatable bonds is 3. The molecule has 0 aliphatic rings. The van der Waals surface area contributed by atoms with Crippen molar-refractivity contribution in [3.8, 4) is 5.75 Å². The average molecular weight is 226 g/mol. The lowest BCUT2D eigenvalue weighted by Crippen LogP contribution is -2.08. The molecule has 1 aromatic rings. The van der Waals surface area contributed by atoms with E-state index in [-0.39, 0.29) is 5.75 Å². The molecule has 0 N–H and O–H groups in total. The van der Waals surface area contributed by atoms with E-state index in [0.717, 1.165) is 0 Å². The number of benzene rings is 1. The van der Waals surface area contributed by atoms with Gasteiger partial charge in [-0.25, -0.2) is 9.09 Å². The summed E-state index contributed by atoms with van der Waals surface area (Å²) in [5, 5.41) is 0. The molecular weight excluding hydrogens is 220 g/mol. The first kappa shape index (κ1) is 11.1. The number of para-hydroxylation sites is 1. The Labute approximate surface area is 78.4 Å². The Bertz CT molecular complexity index is 312. The van der Waals surface area contributed by atoms with Crippen LogP contribution in [0.3, 0.4) is 0 Å². The van der Waals surface area contributed by atoms with Crippen LogP contribution < -0.4 is 4.52 Å². The Hall–Kier alpha value is -1.00. The highest BCUT2D eigenvalue weighted by molar-refractivity contribution is 7.33. The first-order chi connectivity index (χ1) is 6.47. The summed E-state index contributed by atoms with van der Waals surface area (Å²) in [4.78, 5) is 0. The molecule has 1 aromatic carbocycles. The summed E-state index contributed by atoms with van der Waals surface area (Å²) in [6, 6.07) is 7.48. The van der Waals surface area contributed by atoms with Gasteiger partial charge in [0, 0.05) is 0 Å². The lowest BCUT2D eigenvalue weighted by Gasteiger charge is -2.08. The minimum atomic E-state index is -4.94. The molecule has 7 heteroatoms. The second-order valence-corrected chi connectivity index (χ2v) is 3.12. The Morgan fingerprint density at radius 3 is 2.21 bits per heavy atom. The third-order valence-corrected chi connectivity index (χ3v) is 1.94. The molecule has 0 aliphatic carbocycles. The SMILES string of the molecule is O=[PH](Oc1ccccc1)OC(F)(F)F. The van der Waals surface area contributed by atoms with Gasteiger partial charge < -0.3 is 4.52 Å². The van der Waals surface area contributed by atoms with Crippen LogP contribution in [0.4, 0.5) is 13.2 Å². The highest BCUT2D eigenvalue weighted by Crippen LogP contribution is 2.35. The lowest BCUT2D eigenvalue weighted by atomic mass is 10.3. The molecule has 1 atom stereocenters. The first-order valence-corrected chi connectivity index (χ1v) is 4.72. The van der Waals surface area contributed by atoms with Gasteiger partial charge in [-0.1, -0.05) is 18.2 Å². The highest BCUT2D eigenvalue weighted by Gasteiger charge is 2.33. The fourth-order valence-electron chi connectivity index (χ4n) is 0.700. The Morgan fingerprint density at radius 1 is 1.14 bits per heavy atom. The summed E-state index contributed by atoms with van der Waals surface area (Å²) in [5.74, 6) is 0.0700. The fourth-order valence-corrected chi connectivity index (χ4v) is 1.26. The summed E-state index contributed by atoms with van der Waals surface area (Å²) >= 11 is 0. The second kappa shape index (κ2) is 4.48. The topological polar surface area (TPSA) is 35.5 Å². The first-order valence-electron chi connectivity index (χ1n) is 3.50. The summed E-state index contributed by atoms with van der Waals surface area (Å²) in [6.07, 6.45) is -4.94. The molecule has 1 rings (SSSR count). The molecule has 0 saturated heterocycles. The van der Waals surface area contributed by atoms with E-state index in [4.69, 9.17) is 0 Å². The number of halogens is 3. The maximum absolute atomic E-state index is 11.5. The number of hydrogen-bond donors (Lipinski definition) is 0. The van der Waals surface area contributed by atoms with Gasteiger partial charge in [-0.15, -0.1) is 13.2 Å². The van der Waals surface area contributed by atoms with Crippen LogP contribution in [0.1, 0.15) is 0 Å². The predicted molar refractivity (Wildman–Crippen MR) is 43.2 cm³/mol. The van der Waals surface area contributed by atoms with Gasteiger partial charge in [0.05, 0.1) is 0 Å². The van der Waals surface area contributed by atoms with Crippen molar-refractivity contribution >= 4 is 8.25 Å². The van der Waals surface area contributed by atoms with Crippen LogP contribution in [-0.4, -0.2) is 6.36 Å². The third kappa shape index (κ3) is 4.30. The molecule has 0 saturated carbocycles. The van der Waals surface area contributed by atoms with Crippen molar-refractivity contribution in [2.45, 2.75) is 6.36 Å². The maximum Gasteiger partial charge on any atom is 0.530 e. The molecule has 0 bridgehead atoms. The number of hydrogen-bond acceptors (Lipinski definition) is 3. The summed E-state index contributed by atoms with van der Waals surface area (Å²) in [6.45, 7) is 0. The van der Waals surface area contributed by atoms with Crippen LogP contribution in [0.15, 0.2) is 30.3 Å². The Balaban J connectivity index is 2.50. The van der Waals surface area contributed by atoms with Crippen LogP contribution in [0.2, 0.25) is 0 Å². The van der Waals surface area contributed by atoms with Crippen molar-refractivity contribution < 1.29 is 26.8 Å². The molecule has 0 aliphatic heterocycles. The largest absolute Gasteiger partial charge is 0.530 e. The Kier molecular flexibility index (Phi) is 3.55. The zero-order valence-corrected chi connectivity index (χ0v) is 7.75. The molecule has 0 fully saturated rings. The standard InChI is InChI=1S/C7H6F3O3P/c8-7(9,10)13-14(11)12-6-4-2-1-3-5-6/h1-5,14H. The molecule has 0 amide bonds. The number of alkyl halides is 3. The van der Waals surface area contributed by atoms with Crippen LogP contribution in [0.25, 0.3) is 0 Å². The van der Waals surface area contributed by atoms with Crippen molar-refractivity contribution in [2.24, 2.45) is 0 Å². The molecule has 0 radical (unpaired) electrons. The van der Waals surface area contributed by atoms with Gasteiger partial charge in [-0.2, -0.15) is 0 Å². The van der Waals surface area contributed by atoms with Gasteiger partial charge in [0.25, 0.3) is 0 Å². The van der Waals surface area contributed by atoms with E-state index in [1.54, 1.807) is 6.07 Å². The van der Waals surface area contributed by atoms with E-state index in [2.05, 4.69) is 9.05 Å². The molecule has 0 heterocycles. The molecule has 14 heavy (non-hydrogen) atoms. The van der Waals surface area contributed by atoms with Crippen LogP contribution in [-0.2, 0) is 9.09 Å². The van der Waals surface area contributed by atoms with Crippen molar-refractivity contribution in [1.29, 1.82) is 0 Å². The molecular formula is C7H6F3O3P. The van der Waals surface area contributed by atoms with Gasteiger partial charge in [0.15, 0.2) is 0 Å². The van der Waals surface area contributed by atoms with E-state index >= 15 is 0 Å². The molecule has 0 spiro atoms. The van der Waals surface area contributed by atoms with Gasteiger partial charge in [-0.3, -0.25) is 0 Å². The smallest absolute Gasteiger partial charge is 0.426 e. The summed E-state index contributed by atoms with van der Waals surface area (Å²) in [7, 11) is -3.57. The fraction of sp³-hybridized carbons (Fsp3) is 0.143. The summed E-state index contributed by atoms with van der Waals surface area (Å²) < 4.78 is 52.8. The van der Waals surface area contributed by atoms with E-state index in [1.165, 1.54) is 24.3 Å². The van der Waals surface area contributed by atoms with Gasteiger partial charge in [-0.05, 0) is 12.1 Å². The van der Waals surface area contributed by atoms with E-state index in [1.807, 2.05) is 0 Å². The van der Waals surface area contributed by atoms with Crippen molar-refractivity contribution in [2.75, 3.05) is 0 Å². The predicted octanol–water partition coefficient (Wildman–Crippen LogP) is 2.99. The van der Waals surface area contributed by atoms with E-state index in [0.29, 0.717) is 0 Å². The third-order valence-electron chi connectivity index (χ3n) is 1.14. The quantitative estimate of drug-likeness (QED) is 0.743. The minimum Gasteiger partial charge on any atom is -0.426 e. The van der Waals surface area contributed by atoms with Crippen molar-refractivity contribution in [3.63, 3.8) is 0 Å². The molecule has 1 unspecified atom stereocenters. The van der Waals surface area contributed by atoms with Crippen LogP contribution in [0.5, 0.6) is 5.75 Å². The average Bonchev–Trinajstić information content (AvgIpc) is 2.02.